The van der Waals surface area contributed by atoms with Crippen LogP contribution in [0.2, 0.25) is 0 Å². The molecule has 1 fully saturated rings. The van der Waals surface area contributed by atoms with Gasteiger partial charge in [-0.15, -0.1) is 0 Å². The molecule has 0 aromatic carbocycles. The molecule has 1 saturated carbocycles. The summed E-state index contributed by atoms with van der Waals surface area (Å²) in [6, 6.07) is 0. The van der Waals surface area contributed by atoms with Crippen molar-refractivity contribution in [2.24, 2.45) is 17.3 Å². The summed E-state index contributed by atoms with van der Waals surface area (Å²) in [7, 11) is 0. The zero-order valence-electron chi connectivity index (χ0n) is 10.5. The van der Waals surface area contributed by atoms with Gasteiger partial charge < -0.3 is 5.11 Å². The van der Waals surface area contributed by atoms with E-state index in [2.05, 4.69) is 26.8 Å². The van der Waals surface area contributed by atoms with E-state index in [1.165, 1.54) is 12.0 Å². The summed E-state index contributed by atoms with van der Waals surface area (Å²) in [6.07, 6.45) is 6.59. The zero-order chi connectivity index (χ0) is 11.3. The molecule has 4 atom stereocenters. The smallest absolute Gasteiger partial charge is 0.0657 e. The molecule has 0 saturated heterocycles. The standard InChI is InChI=1S/C14H24O/c1-10-5-6-12-9-13(3,15)7-8-14(12,4)11(10)2/h6,10-11,15H,5,7-9H2,1-4H3/t10?,11?,13-,14+/m0/s1. The van der Waals surface area contributed by atoms with Crippen molar-refractivity contribution in [1.29, 1.82) is 0 Å². The van der Waals surface area contributed by atoms with Crippen molar-refractivity contribution in [3.05, 3.63) is 11.6 Å². The summed E-state index contributed by atoms with van der Waals surface area (Å²) in [5.41, 5.74) is 1.43. The number of aliphatic hydroxyl groups is 1. The van der Waals surface area contributed by atoms with Crippen LogP contribution in [-0.2, 0) is 0 Å². The number of allylic oxidation sites excluding steroid dienone is 1. The molecule has 0 bridgehead atoms. The first-order valence-corrected chi connectivity index (χ1v) is 6.27. The van der Waals surface area contributed by atoms with Crippen LogP contribution < -0.4 is 0 Å². The van der Waals surface area contributed by atoms with E-state index in [1.807, 2.05) is 6.92 Å². The summed E-state index contributed by atoms with van der Waals surface area (Å²) >= 11 is 0. The van der Waals surface area contributed by atoms with Gasteiger partial charge in [0, 0.05) is 0 Å². The summed E-state index contributed by atoms with van der Waals surface area (Å²) < 4.78 is 0. The van der Waals surface area contributed by atoms with E-state index in [-0.39, 0.29) is 0 Å². The topological polar surface area (TPSA) is 20.2 Å². The minimum Gasteiger partial charge on any atom is -0.390 e. The molecule has 1 nitrogen and oxygen atoms in total. The second-order valence-corrected chi connectivity index (χ2v) is 6.32. The number of hydrogen-bond donors (Lipinski definition) is 1. The lowest BCUT2D eigenvalue weighted by Crippen LogP contribution is -2.44. The average molecular weight is 208 g/mol. The van der Waals surface area contributed by atoms with E-state index in [9.17, 15) is 5.11 Å². The monoisotopic (exact) mass is 208 g/mol. The highest BCUT2D eigenvalue weighted by molar-refractivity contribution is 5.24. The van der Waals surface area contributed by atoms with Crippen LogP contribution in [0.15, 0.2) is 11.6 Å². The van der Waals surface area contributed by atoms with Gasteiger partial charge in [0.2, 0.25) is 0 Å². The molecule has 86 valence electrons. The first-order chi connectivity index (χ1) is 6.85. The van der Waals surface area contributed by atoms with Gasteiger partial charge in [-0.25, -0.2) is 0 Å². The molecule has 0 radical (unpaired) electrons. The highest BCUT2D eigenvalue weighted by Crippen LogP contribution is 2.54. The van der Waals surface area contributed by atoms with Crippen molar-refractivity contribution in [3.63, 3.8) is 0 Å². The third-order valence-corrected chi connectivity index (χ3v) is 5.08. The number of fused-ring (bicyclic) bond motifs is 1. The molecule has 0 aromatic heterocycles. The Morgan fingerprint density at radius 2 is 1.93 bits per heavy atom. The molecule has 2 aliphatic carbocycles. The fourth-order valence-electron chi connectivity index (χ4n) is 3.38. The van der Waals surface area contributed by atoms with Gasteiger partial charge in [0.1, 0.15) is 0 Å². The number of rotatable bonds is 0. The van der Waals surface area contributed by atoms with Gasteiger partial charge in [-0.1, -0.05) is 32.4 Å². The summed E-state index contributed by atoms with van der Waals surface area (Å²) in [5.74, 6) is 1.55. The van der Waals surface area contributed by atoms with Gasteiger partial charge in [-0.05, 0) is 49.9 Å². The molecule has 0 heterocycles. The predicted molar refractivity (Wildman–Crippen MR) is 63.6 cm³/mol. The van der Waals surface area contributed by atoms with Gasteiger partial charge >= 0.3 is 0 Å². The molecule has 2 unspecified atom stereocenters. The van der Waals surface area contributed by atoms with Crippen LogP contribution >= 0.6 is 0 Å². The van der Waals surface area contributed by atoms with Crippen molar-refractivity contribution < 1.29 is 5.11 Å². The molecule has 15 heavy (non-hydrogen) atoms. The molecule has 0 amide bonds. The molecular weight excluding hydrogens is 184 g/mol. The third kappa shape index (κ3) is 1.75. The van der Waals surface area contributed by atoms with Crippen molar-refractivity contribution in [1.82, 2.24) is 0 Å². The first-order valence-electron chi connectivity index (χ1n) is 6.27. The highest BCUT2D eigenvalue weighted by Gasteiger charge is 2.46. The first kappa shape index (κ1) is 11.2. The largest absolute Gasteiger partial charge is 0.390 e. The predicted octanol–water partition coefficient (Wildman–Crippen LogP) is 3.53. The van der Waals surface area contributed by atoms with Crippen molar-refractivity contribution >= 4 is 0 Å². The number of hydrogen-bond acceptors (Lipinski definition) is 1. The van der Waals surface area contributed by atoms with Gasteiger partial charge in [-0.2, -0.15) is 0 Å². The Kier molecular flexibility index (Phi) is 2.50. The molecule has 2 rings (SSSR count). The average Bonchev–Trinajstić information content (AvgIpc) is 2.16. The molecule has 0 aromatic rings. The van der Waals surface area contributed by atoms with Crippen LogP contribution in [0.1, 0.15) is 53.4 Å². The summed E-state index contributed by atoms with van der Waals surface area (Å²) in [5, 5.41) is 10.1. The van der Waals surface area contributed by atoms with E-state index in [0.717, 1.165) is 31.1 Å². The van der Waals surface area contributed by atoms with Gasteiger partial charge in [0.15, 0.2) is 0 Å². The maximum Gasteiger partial charge on any atom is 0.0657 e. The fourth-order valence-corrected chi connectivity index (χ4v) is 3.38. The second kappa shape index (κ2) is 3.35. The van der Waals surface area contributed by atoms with Crippen molar-refractivity contribution in [2.45, 2.75) is 59.0 Å². The third-order valence-electron chi connectivity index (χ3n) is 5.08. The van der Waals surface area contributed by atoms with Crippen LogP contribution in [0.5, 0.6) is 0 Å². The molecule has 0 aliphatic heterocycles. The zero-order valence-corrected chi connectivity index (χ0v) is 10.5. The molecular formula is C14H24O. The second-order valence-electron chi connectivity index (χ2n) is 6.32. The molecule has 2 aliphatic rings. The van der Waals surface area contributed by atoms with E-state index in [4.69, 9.17) is 0 Å². The van der Waals surface area contributed by atoms with Crippen LogP contribution in [0, 0.1) is 17.3 Å². The van der Waals surface area contributed by atoms with Gasteiger partial charge in [0.25, 0.3) is 0 Å². The highest BCUT2D eigenvalue weighted by atomic mass is 16.3. The van der Waals surface area contributed by atoms with E-state index < -0.39 is 5.60 Å². The Balaban J connectivity index is 2.30. The Bertz CT molecular complexity index is 290. The molecule has 0 spiro atoms. The normalized spacial score (nSPS) is 50.9. The van der Waals surface area contributed by atoms with Crippen molar-refractivity contribution in [3.8, 4) is 0 Å². The minimum absolute atomic E-state index is 0.361. The minimum atomic E-state index is -0.453. The Hall–Kier alpha value is -0.300. The summed E-state index contributed by atoms with van der Waals surface area (Å²) in [4.78, 5) is 0. The Morgan fingerprint density at radius 1 is 1.27 bits per heavy atom. The van der Waals surface area contributed by atoms with E-state index >= 15 is 0 Å². The van der Waals surface area contributed by atoms with Gasteiger partial charge in [0.05, 0.1) is 5.60 Å². The van der Waals surface area contributed by atoms with Gasteiger partial charge in [-0.3, -0.25) is 0 Å². The molecule has 1 heteroatoms. The Morgan fingerprint density at radius 3 is 2.60 bits per heavy atom. The van der Waals surface area contributed by atoms with E-state index in [0.29, 0.717) is 5.41 Å². The quantitative estimate of drug-likeness (QED) is 0.604. The molecule has 1 N–H and O–H groups in total. The maximum absolute atomic E-state index is 10.1. The Labute approximate surface area is 93.6 Å². The lowest BCUT2D eigenvalue weighted by Gasteiger charge is -2.50. The van der Waals surface area contributed by atoms with Crippen LogP contribution in [0.3, 0.4) is 0 Å². The van der Waals surface area contributed by atoms with Crippen LogP contribution in [-0.4, -0.2) is 10.7 Å². The van der Waals surface area contributed by atoms with Crippen LogP contribution in [0.4, 0.5) is 0 Å². The SMILES string of the molecule is CC1CC=C2C[C@@](C)(O)CC[C@]2(C)C1C. The summed E-state index contributed by atoms with van der Waals surface area (Å²) in [6.45, 7) is 9.12. The fraction of sp³-hybridized carbons (Fsp3) is 0.857. The maximum atomic E-state index is 10.1. The lowest BCUT2D eigenvalue weighted by atomic mass is 9.56. The lowest BCUT2D eigenvalue weighted by molar-refractivity contribution is -0.00755. The van der Waals surface area contributed by atoms with Crippen molar-refractivity contribution in [2.75, 3.05) is 0 Å². The van der Waals surface area contributed by atoms with E-state index in [1.54, 1.807) is 0 Å². The van der Waals surface area contributed by atoms with Crippen LogP contribution in [0.25, 0.3) is 0 Å².